The zero-order valence-corrected chi connectivity index (χ0v) is 34.8. The van der Waals surface area contributed by atoms with Crippen LogP contribution >= 0.6 is 0 Å². The van der Waals surface area contributed by atoms with Crippen LogP contribution in [-0.2, 0) is 0 Å². The highest BCUT2D eigenvalue weighted by Crippen LogP contribution is 2.39. The van der Waals surface area contributed by atoms with Crippen molar-refractivity contribution < 1.29 is 0 Å². The molecule has 0 N–H and O–H groups in total. The van der Waals surface area contributed by atoms with Crippen molar-refractivity contribution in [2.24, 2.45) is 0 Å². The Hall–Kier alpha value is -6.12. The van der Waals surface area contributed by atoms with Gasteiger partial charge in [0, 0.05) is 55.0 Å². The third-order valence-corrected chi connectivity index (χ3v) is 13.1. The van der Waals surface area contributed by atoms with Gasteiger partial charge in [0.15, 0.2) is 0 Å². The lowest BCUT2D eigenvalue weighted by atomic mass is 9.72. The first kappa shape index (κ1) is 36.2. The van der Waals surface area contributed by atoms with Crippen molar-refractivity contribution in [1.82, 2.24) is 9.13 Å². The van der Waals surface area contributed by atoms with Gasteiger partial charge in [-0.3, -0.25) is 0 Å². The highest BCUT2D eigenvalue weighted by atomic mass is 15.0. The van der Waals surface area contributed by atoms with E-state index in [-0.39, 0.29) is 0 Å². The first-order valence-corrected chi connectivity index (χ1v) is 20.5. The normalized spacial score (nSPS) is 11.7. The van der Waals surface area contributed by atoms with E-state index in [2.05, 4.69) is 217 Å². The van der Waals surface area contributed by atoms with E-state index in [1.165, 1.54) is 132 Å². The van der Waals surface area contributed by atoms with Gasteiger partial charge >= 0.3 is 0 Å². The second-order valence-electron chi connectivity index (χ2n) is 16.5. The van der Waals surface area contributed by atoms with E-state index in [1.807, 2.05) is 0 Å². The zero-order valence-electron chi connectivity index (χ0n) is 34.8. The molecule has 0 fully saturated rings. The summed E-state index contributed by atoms with van der Waals surface area (Å²) < 4.78 is 5.15. The number of hydrogen-bond acceptors (Lipinski definition) is 0. The van der Waals surface area contributed by atoms with Gasteiger partial charge in [-0.15, -0.1) is 0 Å². The molecule has 8 aromatic carbocycles. The minimum absolute atomic E-state index is 1.18. The van der Waals surface area contributed by atoms with Crippen LogP contribution in [0, 0.1) is 0 Å². The number of fused-ring (bicyclic) bond motifs is 7. The molecule has 10 heteroatoms. The van der Waals surface area contributed by atoms with E-state index in [1.54, 1.807) is 0 Å². The van der Waals surface area contributed by atoms with Gasteiger partial charge in [-0.05, 0) is 63.7 Å². The van der Waals surface area contributed by atoms with Crippen LogP contribution in [0.1, 0.15) is 0 Å². The standard InChI is InChI=1S/C48H40B8N2/c49-33-23-35(51)45-39(41(33)53)37-38-40-42(54)34(50)24-36(52)46(40)58(32-20-16-28(17-21-32)30-13-7-12-29(22-30)26-10-5-2-6-11-26)48(38)44(56)43(55)47(37)57(45)31-18-14-27(15-19-31)25-8-3-1-4-9-25/h1-24H,49-56H2. The lowest BCUT2D eigenvalue weighted by molar-refractivity contribution is 1.18. The number of nitrogens with zero attached hydrogens (tertiary/aromatic N) is 2. The highest BCUT2D eigenvalue weighted by Gasteiger charge is 2.27. The smallest absolute Gasteiger partial charge is 0.142 e. The summed E-state index contributed by atoms with van der Waals surface area (Å²) in [4.78, 5) is 0. The maximum atomic E-state index is 2.58. The topological polar surface area (TPSA) is 9.86 Å². The molecule has 0 aliphatic heterocycles. The summed E-state index contributed by atoms with van der Waals surface area (Å²) in [5.74, 6) is 0. The van der Waals surface area contributed by atoms with E-state index in [0.717, 1.165) is 0 Å². The van der Waals surface area contributed by atoms with Crippen molar-refractivity contribution in [1.29, 1.82) is 0 Å². The first-order valence-electron chi connectivity index (χ1n) is 20.5. The molecule has 58 heavy (non-hydrogen) atoms. The molecule has 0 aliphatic rings. The van der Waals surface area contributed by atoms with Crippen LogP contribution < -0.4 is 43.7 Å². The third-order valence-electron chi connectivity index (χ3n) is 13.1. The average molecular weight is 731 g/mol. The van der Waals surface area contributed by atoms with Crippen molar-refractivity contribution in [3.05, 3.63) is 146 Å². The van der Waals surface area contributed by atoms with Crippen molar-refractivity contribution >= 4 is 150 Å². The van der Waals surface area contributed by atoms with Crippen LogP contribution in [0.25, 0.3) is 88.4 Å². The number of benzene rings is 8. The molecule has 0 saturated carbocycles. The molecule has 0 amide bonds. The van der Waals surface area contributed by atoms with Crippen LogP contribution in [0.4, 0.5) is 0 Å². The van der Waals surface area contributed by atoms with Crippen molar-refractivity contribution in [3.63, 3.8) is 0 Å². The Kier molecular flexibility index (Phi) is 8.60. The average Bonchev–Trinajstić information content (AvgIpc) is 3.81. The summed E-state index contributed by atoms with van der Waals surface area (Å²) in [6.45, 7) is 0. The van der Waals surface area contributed by atoms with E-state index in [0.29, 0.717) is 0 Å². The minimum Gasteiger partial charge on any atom is -0.310 e. The van der Waals surface area contributed by atoms with Gasteiger partial charge in [-0.2, -0.15) is 0 Å². The highest BCUT2D eigenvalue weighted by molar-refractivity contribution is 6.65. The summed E-state index contributed by atoms with van der Waals surface area (Å²) in [5, 5.41) is 5.43. The maximum Gasteiger partial charge on any atom is 0.142 e. The van der Waals surface area contributed by atoms with Gasteiger partial charge in [-0.1, -0.05) is 159 Å². The summed E-state index contributed by atoms with van der Waals surface area (Å²) >= 11 is 0. The van der Waals surface area contributed by atoms with Gasteiger partial charge in [0.05, 0.1) is 0 Å². The maximum absolute atomic E-state index is 2.58. The monoisotopic (exact) mass is 732 g/mol. The molecule has 0 saturated heterocycles. The van der Waals surface area contributed by atoms with E-state index in [9.17, 15) is 0 Å². The third kappa shape index (κ3) is 5.45. The van der Waals surface area contributed by atoms with Gasteiger partial charge < -0.3 is 9.13 Å². The molecule has 0 spiro atoms. The quantitative estimate of drug-likeness (QED) is 0.200. The van der Waals surface area contributed by atoms with E-state index >= 15 is 0 Å². The lowest BCUT2D eigenvalue weighted by Crippen LogP contribution is -2.31. The fraction of sp³-hybridized carbons (Fsp3) is 0. The lowest BCUT2D eigenvalue weighted by Gasteiger charge is -2.16. The number of hydrogen-bond donors (Lipinski definition) is 0. The minimum atomic E-state index is 1.18. The second kappa shape index (κ2) is 13.8. The Morgan fingerprint density at radius 1 is 0.259 bits per heavy atom. The van der Waals surface area contributed by atoms with Crippen molar-refractivity contribution in [3.8, 4) is 44.8 Å². The molecule has 2 aromatic heterocycles. The van der Waals surface area contributed by atoms with Crippen LogP contribution in [0.2, 0.25) is 0 Å². The van der Waals surface area contributed by atoms with Crippen LogP contribution in [0.5, 0.6) is 0 Å². The van der Waals surface area contributed by atoms with Crippen LogP contribution in [0.15, 0.2) is 146 Å². The van der Waals surface area contributed by atoms with Gasteiger partial charge in [0.1, 0.15) is 62.8 Å². The van der Waals surface area contributed by atoms with Gasteiger partial charge in [-0.25, -0.2) is 0 Å². The fourth-order valence-electron chi connectivity index (χ4n) is 9.83. The first-order chi connectivity index (χ1) is 28.1. The molecule has 0 unspecified atom stereocenters. The van der Waals surface area contributed by atoms with Crippen LogP contribution in [-0.4, -0.2) is 71.9 Å². The van der Waals surface area contributed by atoms with Crippen molar-refractivity contribution in [2.45, 2.75) is 0 Å². The van der Waals surface area contributed by atoms with Gasteiger partial charge in [0.25, 0.3) is 0 Å². The Labute approximate surface area is 347 Å². The van der Waals surface area contributed by atoms with E-state index < -0.39 is 0 Å². The summed E-state index contributed by atoms with van der Waals surface area (Å²) in [6, 6.07) is 53.5. The molecule has 10 rings (SSSR count). The van der Waals surface area contributed by atoms with E-state index in [4.69, 9.17) is 0 Å². The number of aromatic nitrogens is 2. The molecule has 0 bridgehead atoms. The molecule has 0 atom stereocenters. The molecule has 266 valence electrons. The largest absolute Gasteiger partial charge is 0.310 e. The molecular formula is C48H40B8N2. The predicted octanol–water partition coefficient (Wildman–Crippen LogP) is -1.05. The molecule has 0 aliphatic carbocycles. The molecule has 2 nitrogen and oxygen atoms in total. The van der Waals surface area contributed by atoms with Gasteiger partial charge in [0.2, 0.25) is 0 Å². The Balaban J connectivity index is 1.28. The SMILES string of the molecule is Bc1cc(B)c2c(c1B)c1c3c4c(B)c(B)cc(B)c4n(-c4ccc(-c5cccc(-c6ccccc6)c5)cc4)c3c(B)c(B)c1n2-c1ccc(-c2ccccc2)cc1. The molecule has 10 aromatic rings. The second-order valence-corrected chi connectivity index (χ2v) is 16.5. The molecule has 0 radical (unpaired) electrons. The molecule has 2 heterocycles. The predicted molar refractivity (Wildman–Crippen MR) is 277 cm³/mol. The van der Waals surface area contributed by atoms with Crippen LogP contribution in [0.3, 0.4) is 0 Å². The fourth-order valence-corrected chi connectivity index (χ4v) is 9.83. The molecular weight excluding hydrogens is 691 g/mol. The Morgan fingerprint density at radius 2 is 0.603 bits per heavy atom. The number of rotatable bonds is 5. The Bertz CT molecular complexity index is 3280. The van der Waals surface area contributed by atoms with Crippen molar-refractivity contribution in [2.75, 3.05) is 0 Å². The zero-order chi connectivity index (χ0) is 40.0. The Morgan fingerprint density at radius 3 is 1.02 bits per heavy atom. The summed E-state index contributed by atoms with van der Waals surface area (Å²) in [7, 11) is 18.5. The summed E-state index contributed by atoms with van der Waals surface area (Å²) in [5.41, 5.74) is 25.5. The summed E-state index contributed by atoms with van der Waals surface area (Å²) in [6.07, 6.45) is 0.